The SMILES string of the molecule is COc1ccc(NC(=O)c2cccc(N3C(=O)[C@H]4CC(C)=CC[C@H]4C3=O)c2)c(OC)c1. The van der Waals surface area contributed by atoms with Crippen molar-refractivity contribution in [2.24, 2.45) is 11.8 Å². The second kappa shape index (κ2) is 8.26. The summed E-state index contributed by atoms with van der Waals surface area (Å²) >= 11 is 0. The van der Waals surface area contributed by atoms with Gasteiger partial charge in [0.1, 0.15) is 11.5 Å². The normalized spacial score (nSPS) is 20.2. The third-order valence-electron chi connectivity index (χ3n) is 5.85. The first kappa shape index (κ1) is 20.7. The van der Waals surface area contributed by atoms with E-state index in [1.165, 1.54) is 12.0 Å². The average Bonchev–Trinajstić information content (AvgIpc) is 3.03. The van der Waals surface area contributed by atoms with Gasteiger partial charge in [-0.3, -0.25) is 19.3 Å². The van der Waals surface area contributed by atoms with Gasteiger partial charge < -0.3 is 14.8 Å². The highest BCUT2D eigenvalue weighted by atomic mass is 16.5. The van der Waals surface area contributed by atoms with Gasteiger partial charge in [0, 0.05) is 11.6 Å². The maximum Gasteiger partial charge on any atom is 0.255 e. The molecule has 2 aromatic carbocycles. The molecule has 7 nitrogen and oxygen atoms in total. The molecule has 0 bridgehead atoms. The zero-order valence-electron chi connectivity index (χ0n) is 17.7. The first-order valence-electron chi connectivity index (χ1n) is 10.1. The molecule has 0 aromatic heterocycles. The zero-order chi connectivity index (χ0) is 22.1. The van der Waals surface area contributed by atoms with Gasteiger partial charge in [-0.1, -0.05) is 17.7 Å². The van der Waals surface area contributed by atoms with E-state index in [-0.39, 0.29) is 29.6 Å². The molecule has 2 atom stereocenters. The van der Waals surface area contributed by atoms with Crippen molar-refractivity contribution in [2.45, 2.75) is 19.8 Å². The summed E-state index contributed by atoms with van der Waals surface area (Å²) in [6, 6.07) is 11.6. The van der Waals surface area contributed by atoms with Gasteiger partial charge in [0.2, 0.25) is 11.8 Å². The molecule has 1 aliphatic carbocycles. The fourth-order valence-electron chi connectivity index (χ4n) is 4.17. The summed E-state index contributed by atoms with van der Waals surface area (Å²) in [5, 5.41) is 2.81. The van der Waals surface area contributed by atoms with Crippen molar-refractivity contribution in [3.8, 4) is 11.5 Å². The first-order chi connectivity index (χ1) is 14.9. The van der Waals surface area contributed by atoms with E-state index in [0.29, 0.717) is 41.3 Å². The number of rotatable bonds is 5. The van der Waals surface area contributed by atoms with Crippen molar-refractivity contribution in [1.82, 2.24) is 0 Å². The highest BCUT2D eigenvalue weighted by Crippen LogP contribution is 2.40. The van der Waals surface area contributed by atoms with Gasteiger partial charge in [-0.15, -0.1) is 0 Å². The van der Waals surface area contributed by atoms with Gasteiger partial charge in [-0.25, -0.2) is 0 Å². The highest BCUT2D eigenvalue weighted by Gasteiger charge is 2.48. The van der Waals surface area contributed by atoms with Crippen molar-refractivity contribution >= 4 is 29.1 Å². The molecule has 1 saturated heterocycles. The third kappa shape index (κ3) is 3.79. The number of methoxy groups -OCH3 is 2. The predicted octanol–water partition coefficient (Wildman–Crippen LogP) is 3.80. The van der Waals surface area contributed by atoms with E-state index in [4.69, 9.17) is 9.47 Å². The van der Waals surface area contributed by atoms with Gasteiger partial charge in [0.15, 0.2) is 0 Å². The molecule has 31 heavy (non-hydrogen) atoms. The summed E-state index contributed by atoms with van der Waals surface area (Å²) in [5.74, 6) is -0.352. The Labute approximate surface area is 180 Å². The topological polar surface area (TPSA) is 84.9 Å². The Balaban J connectivity index is 1.57. The number of ether oxygens (including phenoxy) is 2. The molecule has 1 fully saturated rings. The first-order valence-corrected chi connectivity index (χ1v) is 10.1. The van der Waals surface area contributed by atoms with Crippen LogP contribution in [0.1, 0.15) is 30.1 Å². The number of nitrogens with one attached hydrogen (secondary N) is 1. The molecule has 7 heteroatoms. The van der Waals surface area contributed by atoms with E-state index in [1.54, 1.807) is 49.6 Å². The number of hydrogen-bond acceptors (Lipinski definition) is 5. The lowest BCUT2D eigenvalue weighted by Crippen LogP contribution is -2.31. The molecular weight excluding hydrogens is 396 g/mol. The number of carbonyl (C=O) groups is 3. The van der Waals surface area contributed by atoms with Crippen molar-refractivity contribution < 1.29 is 23.9 Å². The minimum Gasteiger partial charge on any atom is -0.497 e. The van der Waals surface area contributed by atoms with E-state index in [2.05, 4.69) is 5.32 Å². The smallest absolute Gasteiger partial charge is 0.255 e. The van der Waals surface area contributed by atoms with Crippen molar-refractivity contribution in [3.63, 3.8) is 0 Å². The van der Waals surface area contributed by atoms with Gasteiger partial charge >= 0.3 is 0 Å². The maximum absolute atomic E-state index is 13.0. The van der Waals surface area contributed by atoms with Crippen LogP contribution < -0.4 is 19.7 Å². The molecule has 3 amide bonds. The largest absolute Gasteiger partial charge is 0.497 e. The zero-order valence-corrected chi connectivity index (χ0v) is 17.7. The van der Waals surface area contributed by atoms with Crippen LogP contribution in [0.25, 0.3) is 0 Å². The number of fused-ring (bicyclic) bond motifs is 1. The molecule has 0 radical (unpaired) electrons. The minimum absolute atomic E-state index is 0.197. The summed E-state index contributed by atoms with van der Waals surface area (Å²) in [6.45, 7) is 1.98. The van der Waals surface area contributed by atoms with Crippen molar-refractivity contribution in [3.05, 3.63) is 59.7 Å². The van der Waals surface area contributed by atoms with Crippen LogP contribution in [0.5, 0.6) is 11.5 Å². The molecule has 0 spiro atoms. The minimum atomic E-state index is -0.376. The Kier molecular flexibility index (Phi) is 5.50. The number of allylic oxidation sites excluding steroid dienone is 2. The fraction of sp³-hybridized carbons (Fsp3) is 0.292. The van der Waals surface area contributed by atoms with E-state index in [0.717, 1.165) is 5.57 Å². The van der Waals surface area contributed by atoms with Crippen LogP contribution in [0.3, 0.4) is 0 Å². The number of hydrogen-bond donors (Lipinski definition) is 1. The molecule has 2 aromatic rings. The standard InChI is InChI=1S/C24H24N2O5/c1-14-7-9-18-19(11-14)24(29)26(23(18)28)16-6-4-5-15(12-16)22(27)25-20-10-8-17(30-2)13-21(20)31-3/h4-8,10,12-13,18-19H,9,11H2,1-3H3,(H,25,27)/t18-,19+/m1/s1. The average molecular weight is 420 g/mol. The van der Waals surface area contributed by atoms with Gasteiger partial charge in [0.05, 0.1) is 37.4 Å². The maximum atomic E-state index is 13.0. The number of anilines is 2. The van der Waals surface area contributed by atoms with Crippen molar-refractivity contribution in [2.75, 3.05) is 24.4 Å². The van der Waals surface area contributed by atoms with Crippen LogP contribution >= 0.6 is 0 Å². The lowest BCUT2D eigenvalue weighted by molar-refractivity contribution is -0.122. The number of amides is 3. The van der Waals surface area contributed by atoms with Gasteiger partial charge in [-0.05, 0) is 50.1 Å². The molecule has 160 valence electrons. The number of imide groups is 1. The molecule has 1 N–H and O–H groups in total. The second-order valence-electron chi connectivity index (χ2n) is 7.79. The molecule has 0 unspecified atom stereocenters. The summed E-state index contributed by atoms with van der Waals surface area (Å²) in [6.07, 6.45) is 3.21. The summed E-state index contributed by atoms with van der Waals surface area (Å²) in [7, 11) is 3.05. The van der Waals surface area contributed by atoms with Crippen LogP contribution in [-0.2, 0) is 9.59 Å². The molecule has 4 rings (SSSR count). The van der Waals surface area contributed by atoms with E-state index >= 15 is 0 Å². The molecule has 1 aliphatic heterocycles. The Morgan fingerprint density at radius 3 is 2.55 bits per heavy atom. The Morgan fingerprint density at radius 2 is 1.81 bits per heavy atom. The Bertz CT molecular complexity index is 1090. The second-order valence-corrected chi connectivity index (χ2v) is 7.79. The van der Waals surface area contributed by atoms with E-state index in [9.17, 15) is 14.4 Å². The number of nitrogens with zero attached hydrogens (tertiary/aromatic N) is 1. The summed E-state index contributed by atoms with van der Waals surface area (Å²) in [4.78, 5) is 40.0. The Morgan fingerprint density at radius 1 is 1.03 bits per heavy atom. The predicted molar refractivity (Wildman–Crippen MR) is 116 cm³/mol. The number of carbonyl (C=O) groups excluding carboxylic acids is 3. The van der Waals surface area contributed by atoms with E-state index < -0.39 is 0 Å². The Hall–Kier alpha value is -3.61. The molecular formula is C24H24N2O5. The molecule has 1 heterocycles. The van der Waals surface area contributed by atoms with Crippen LogP contribution in [0, 0.1) is 11.8 Å². The van der Waals surface area contributed by atoms with Crippen LogP contribution in [0.15, 0.2) is 54.1 Å². The highest BCUT2D eigenvalue weighted by molar-refractivity contribution is 6.22. The lowest BCUT2D eigenvalue weighted by atomic mass is 9.82. The van der Waals surface area contributed by atoms with Crippen LogP contribution in [-0.4, -0.2) is 31.9 Å². The summed E-state index contributed by atoms with van der Waals surface area (Å²) < 4.78 is 10.5. The van der Waals surface area contributed by atoms with Crippen LogP contribution in [0.2, 0.25) is 0 Å². The number of benzene rings is 2. The quantitative estimate of drug-likeness (QED) is 0.587. The fourth-order valence-corrected chi connectivity index (χ4v) is 4.17. The molecule has 2 aliphatic rings. The molecule has 0 saturated carbocycles. The van der Waals surface area contributed by atoms with Crippen LogP contribution in [0.4, 0.5) is 11.4 Å². The van der Waals surface area contributed by atoms with Gasteiger partial charge in [0.25, 0.3) is 5.91 Å². The van der Waals surface area contributed by atoms with E-state index in [1.807, 2.05) is 13.0 Å². The monoisotopic (exact) mass is 420 g/mol. The van der Waals surface area contributed by atoms with Gasteiger partial charge in [-0.2, -0.15) is 0 Å². The van der Waals surface area contributed by atoms with Crippen molar-refractivity contribution in [1.29, 1.82) is 0 Å². The third-order valence-corrected chi connectivity index (χ3v) is 5.85. The summed E-state index contributed by atoms with van der Waals surface area (Å²) in [5.41, 5.74) is 2.36. The lowest BCUT2D eigenvalue weighted by Gasteiger charge is -2.18.